The van der Waals surface area contributed by atoms with E-state index < -0.39 is 0 Å². The maximum Gasteiger partial charge on any atom is 0.249 e. The summed E-state index contributed by atoms with van der Waals surface area (Å²) in [6.07, 6.45) is 2.76. The van der Waals surface area contributed by atoms with Crippen LogP contribution in [-0.2, 0) is 4.79 Å². The second-order valence-electron chi connectivity index (χ2n) is 6.39. The molecule has 1 amide bonds. The number of nitrogens with one attached hydrogen (secondary N) is 1. The Balaban J connectivity index is 1.54. The summed E-state index contributed by atoms with van der Waals surface area (Å²) in [5.74, 6) is 0.770. The van der Waals surface area contributed by atoms with Crippen LogP contribution in [0.1, 0.15) is 25.3 Å². The molecule has 8 heteroatoms. The first kappa shape index (κ1) is 17.5. The minimum Gasteiger partial charge on any atom is -0.343 e. The highest BCUT2D eigenvalue weighted by molar-refractivity contribution is 5.78. The van der Waals surface area contributed by atoms with Gasteiger partial charge in [-0.25, -0.2) is 0 Å². The van der Waals surface area contributed by atoms with Crippen molar-refractivity contribution in [2.75, 3.05) is 39.8 Å². The highest BCUT2D eigenvalue weighted by Gasteiger charge is 2.20. The summed E-state index contributed by atoms with van der Waals surface area (Å²) in [7, 11) is 2.11. The second kappa shape index (κ2) is 8.17. The standard InChI is InChI=1S/C17H24N6O2/c1-13(17-20-16(21-25-17)14-6-3-4-7-18-14)19-15(24)12-23-9-5-8-22(2)10-11-23/h3-4,6-7,13H,5,8-12H2,1-2H3,(H,19,24)/t13-/m0/s1. The predicted molar refractivity (Wildman–Crippen MR) is 92.6 cm³/mol. The molecule has 0 radical (unpaired) electrons. The third-order valence-electron chi connectivity index (χ3n) is 4.26. The van der Waals surface area contributed by atoms with Crippen molar-refractivity contribution >= 4 is 5.91 Å². The molecule has 8 nitrogen and oxygen atoms in total. The van der Waals surface area contributed by atoms with Crippen LogP contribution >= 0.6 is 0 Å². The van der Waals surface area contributed by atoms with Gasteiger partial charge in [-0.05, 0) is 45.6 Å². The van der Waals surface area contributed by atoms with Crippen LogP contribution in [0.4, 0.5) is 0 Å². The molecule has 1 saturated heterocycles. The molecular formula is C17H24N6O2. The maximum absolute atomic E-state index is 12.3. The van der Waals surface area contributed by atoms with Gasteiger partial charge in [0.25, 0.3) is 0 Å². The summed E-state index contributed by atoms with van der Waals surface area (Å²) >= 11 is 0. The third kappa shape index (κ3) is 4.83. The van der Waals surface area contributed by atoms with E-state index in [1.165, 1.54) is 0 Å². The van der Waals surface area contributed by atoms with Crippen molar-refractivity contribution in [1.82, 2.24) is 30.2 Å². The maximum atomic E-state index is 12.3. The monoisotopic (exact) mass is 344 g/mol. The molecule has 0 spiro atoms. The zero-order valence-electron chi connectivity index (χ0n) is 14.7. The van der Waals surface area contributed by atoms with Gasteiger partial charge < -0.3 is 14.7 Å². The lowest BCUT2D eigenvalue weighted by Crippen LogP contribution is -2.39. The van der Waals surface area contributed by atoms with Gasteiger partial charge in [0.1, 0.15) is 11.7 Å². The van der Waals surface area contributed by atoms with Crippen molar-refractivity contribution in [2.24, 2.45) is 0 Å². The average molecular weight is 344 g/mol. The summed E-state index contributed by atoms with van der Waals surface area (Å²) in [6.45, 7) is 6.13. The molecule has 3 heterocycles. The number of hydrogen-bond donors (Lipinski definition) is 1. The van der Waals surface area contributed by atoms with E-state index >= 15 is 0 Å². The van der Waals surface area contributed by atoms with E-state index in [2.05, 4.69) is 37.3 Å². The molecule has 0 unspecified atom stereocenters. The summed E-state index contributed by atoms with van der Waals surface area (Å²) < 4.78 is 5.27. The van der Waals surface area contributed by atoms with Crippen molar-refractivity contribution in [3.05, 3.63) is 30.3 Å². The molecular weight excluding hydrogens is 320 g/mol. The predicted octanol–water partition coefficient (Wildman–Crippen LogP) is 0.946. The van der Waals surface area contributed by atoms with Crippen molar-refractivity contribution in [2.45, 2.75) is 19.4 Å². The number of amides is 1. The first-order valence-electron chi connectivity index (χ1n) is 8.57. The van der Waals surface area contributed by atoms with Crippen molar-refractivity contribution in [3.63, 3.8) is 0 Å². The van der Waals surface area contributed by atoms with Gasteiger partial charge in [0.15, 0.2) is 0 Å². The van der Waals surface area contributed by atoms with Gasteiger partial charge in [-0.1, -0.05) is 11.2 Å². The molecule has 1 atom stereocenters. The average Bonchev–Trinajstić information content (AvgIpc) is 3.02. The molecule has 2 aromatic heterocycles. The molecule has 1 N–H and O–H groups in total. The van der Waals surface area contributed by atoms with Crippen LogP contribution in [0.5, 0.6) is 0 Å². The fourth-order valence-electron chi connectivity index (χ4n) is 2.82. The summed E-state index contributed by atoms with van der Waals surface area (Å²) in [5, 5.41) is 6.86. The van der Waals surface area contributed by atoms with Crippen molar-refractivity contribution < 1.29 is 9.32 Å². The Labute approximate surface area is 147 Å². The molecule has 1 aliphatic heterocycles. The number of carbonyl (C=O) groups is 1. The van der Waals surface area contributed by atoms with Gasteiger partial charge >= 0.3 is 0 Å². The lowest BCUT2D eigenvalue weighted by atomic mass is 10.3. The third-order valence-corrected chi connectivity index (χ3v) is 4.26. The Morgan fingerprint density at radius 1 is 1.32 bits per heavy atom. The smallest absolute Gasteiger partial charge is 0.249 e. The van der Waals surface area contributed by atoms with Gasteiger partial charge in [-0.2, -0.15) is 4.98 Å². The second-order valence-corrected chi connectivity index (χ2v) is 6.39. The molecule has 134 valence electrons. The minimum atomic E-state index is -0.341. The Morgan fingerprint density at radius 3 is 3.00 bits per heavy atom. The van der Waals surface area contributed by atoms with Gasteiger partial charge in [-0.15, -0.1) is 0 Å². The highest BCUT2D eigenvalue weighted by atomic mass is 16.5. The van der Waals surface area contributed by atoms with Crippen LogP contribution < -0.4 is 5.32 Å². The quantitative estimate of drug-likeness (QED) is 0.864. The van der Waals surface area contributed by atoms with Crippen LogP contribution in [0, 0.1) is 0 Å². The Hall–Kier alpha value is -2.32. The lowest BCUT2D eigenvalue weighted by Gasteiger charge is -2.20. The van der Waals surface area contributed by atoms with E-state index in [1.807, 2.05) is 25.1 Å². The summed E-state index contributed by atoms with van der Waals surface area (Å²) in [5.41, 5.74) is 0.643. The minimum absolute atomic E-state index is 0.0327. The number of rotatable bonds is 5. The van der Waals surface area contributed by atoms with Gasteiger partial charge in [0.2, 0.25) is 17.6 Å². The van der Waals surface area contributed by atoms with Gasteiger partial charge in [0.05, 0.1) is 6.54 Å². The zero-order chi connectivity index (χ0) is 17.6. The molecule has 25 heavy (non-hydrogen) atoms. The van der Waals surface area contributed by atoms with E-state index in [0.29, 0.717) is 24.0 Å². The van der Waals surface area contributed by atoms with Crippen LogP contribution in [0.25, 0.3) is 11.5 Å². The van der Waals surface area contributed by atoms with Crippen molar-refractivity contribution in [1.29, 1.82) is 0 Å². The molecule has 1 aliphatic rings. The van der Waals surface area contributed by atoms with E-state index in [0.717, 1.165) is 32.6 Å². The van der Waals surface area contributed by atoms with Gasteiger partial charge in [-0.3, -0.25) is 14.7 Å². The number of nitrogens with zero attached hydrogens (tertiary/aromatic N) is 5. The van der Waals surface area contributed by atoms with Crippen LogP contribution in [-0.4, -0.2) is 70.6 Å². The van der Waals surface area contributed by atoms with Crippen LogP contribution in [0.15, 0.2) is 28.9 Å². The van der Waals surface area contributed by atoms with Crippen molar-refractivity contribution in [3.8, 4) is 11.5 Å². The molecule has 0 bridgehead atoms. The first-order valence-corrected chi connectivity index (χ1v) is 8.57. The van der Waals surface area contributed by atoms with Gasteiger partial charge in [0, 0.05) is 19.3 Å². The molecule has 0 aromatic carbocycles. The van der Waals surface area contributed by atoms with E-state index in [-0.39, 0.29) is 11.9 Å². The highest BCUT2D eigenvalue weighted by Crippen LogP contribution is 2.16. The van der Waals surface area contributed by atoms with Crippen LogP contribution in [0.2, 0.25) is 0 Å². The molecule has 3 rings (SSSR count). The summed E-state index contributed by atoms with van der Waals surface area (Å²) in [4.78, 5) is 25.3. The normalized spacial score (nSPS) is 17.8. The molecule has 0 saturated carbocycles. The van der Waals surface area contributed by atoms with E-state index in [1.54, 1.807) is 6.20 Å². The number of carbonyl (C=O) groups excluding carboxylic acids is 1. The molecule has 1 fully saturated rings. The Kier molecular flexibility index (Phi) is 5.72. The number of hydrogen-bond acceptors (Lipinski definition) is 7. The Morgan fingerprint density at radius 2 is 2.20 bits per heavy atom. The fourth-order valence-corrected chi connectivity index (χ4v) is 2.82. The first-order chi connectivity index (χ1) is 12.1. The van der Waals surface area contributed by atoms with E-state index in [4.69, 9.17) is 4.52 Å². The van der Waals surface area contributed by atoms with E-state index in [9.17, 15) is 4.79 Å². The zero-order valence-corrected chi connectivity index (χ0v) is 14.7. The topological polar surface area (TPSA) is 87.4 Å². The lowest BCUT2D eigenvalue weighted by molar-refractivity contribution is -0.123. The molecule has 0 aliphatic carbocycles. The fraction of sp³-hybridized carbons (Fsp3) is 0.529. The van der Waals surface area contributed by atoms with Crippen LogP contribution in [0.3, 0.4) is 0 Å². The largest absolute Gasteiger partial charge is 0.343 e. The number of pyridine rings is 1. The molecule has 2 aromatic rings. The number of aromatic nitrogens is 3. The number of likely N-dealkylation sites (N-methyl/N-ethyl adjacent to an activating group) is 1. The summed E-state index contributed by atoms with van der Waals surface area (Å²) in [6, 6.07) is 5.16. The Bertz CT molecular complexity index is 689. The SMILES string of the molecule is C[C@H](NC(=O)CN1CCCN(C)CC1)c1nc(-c2ccccn2)no1.